The molecule has 3 aromatic carbocycles. The van der Waals surface area contributed by atoms with Gasteiger partial charge in [0.25, 0.3) is 0 Å². The lowest BCUT2D eigenvalue weighted by molar-refractivity contribution is 0.109. The number of hydrogen-bond acceptors (Lipinski definition) is 2. The smallest absolute Gasteiger partial charge is 0.0591 e. The average Bonchev–Trinajstić information content (AvgIpc) is 2.72. The highest BCUT2D eigenvalue weighted by Crippen LogP contribution is 2.32. The van der Waals surface area contributed by atoms with Crippen LogP contribution < -0.4 is 21.2 Å². The normalized spacial score (nSPS) is 13.8. The molecule has 1 N–H and O–H groups in total. The Bertz CT molecular complexity index is 609. The summed E-state index contributed by atoms with van der Waals surface area (Å²) in [6.45, 7) is 3.83. The zero-order chi connectivity index (χ0) is 17.2. The molecule has 2 nitrogen and oxygen atoms in total. The first-order chi connectivity index (χ1) is 12.4. The van der Waals surface area contributed by atoms with Gasteiger partial charge >= 0.3 is 0 Å². The van der Waals surface area contributed by atoms with Crippen LogP contribution in [-0.4, -0.2) is 26.3 Å². The molecule has 0 radical (unpaired) electrons. The molecular formula is C22H24NOP. The van der Waals surface area contributed by atoms with E-state index < -0.39 is 7.92 Å². The highest BCUT2D eigenvalue weighted by Gasteiger charge is 2.14. The van der Waals surface area contributed by atoms with E-state index in [1.807, 2.05) is 0 Å². The van der Waals surface area contributed by atoms with Gasteiger partial charge < -0.3 is 10.1 Å². The first kappa shape index (κ1) is 17.8. The molecule has 0 saturated carbocycles. The van der Waals surface area contributed by atoms with Crippen LogP contribution in [0.3, 0.4) is 0 Å². The second kappa shape index (κ2) is 10.1. The number of morpholine rings is 1. The third-order valence-electron chi connectivity index (χ3n) is 3.89. The Labute approximate surface area is 151 Å². The average molecular weight is 349 g/mol. The van der Waals surface area contributed by atoms with Gasteiger partial charge in [-0.2, -0.15) is 0 Å². The van der Waals surface area contributed by atoms with E-state index in [4.69, 9.17) is 4.74 Å². The summed E-state index contributed by atoms with van der Waals surface area (Å²) in [7, 11) is -0.446. The molecule has 0 spiro atoms. The first-order valence-electron chi connectivity index (χ1n) is 8.69. The number of rotatable bonds is 3. The van der Waals surface area contributed by atoms with E-state index in [1.54, 1.807) is 0 Å². The summed E-state index contributed by atoms with van der Waals surface area (Å²) in [6, 6.07) is 32.3. The Kier molecular flexibility index (Phi) is 7.20. The SMILES string of the molecule is C1COCCN1.c1ccc(P(c2ccccc2)c2ccccc2)cc1. The molecule has 25 heavy (non-hydrogen) atoms. The summed E-state index contributed by atoms with van der Waals surface area (Å²) in [5, 5.41) is 7.35. The minimum Gasteiger partial charge on any atom is -0.379 e. The standard InChI is InChI=1S/C18H15P.C4H9NO/c1-4-10-16(11-5-1)19(17-12-6-2-7-13-17)18-14-8-3-9-15-18;1-3-6-4-2-5-1/h1-15H;5H,1-4H2. The fourth-order valence-corrected chi connectivity index (χ4v) is 5.00. The zero-order valence-electron chi connectivity index (χ0n) is 14.3. The molecule has 1 aliphatic rings. The van der Waals surface area contributed by atoms with Crippen LogP contribution in [0.1, 0.15) is 0 Å². The molecular weight excluding hydrogens is 325 g/mol. The molecule has 3 aromatic rings. The maximum atomic E-state index is 5.01. The van der Waals surface area contributed by atoms with Crippen molar-refractivity contribution in [1.82, 2.24) is 5.32 Å². The van der Waals surface area contributed by atoms with Crippen LogP contribution >= 0.6 is 7.92 Å². The van der Waals surface area contributed by atoms with Crippen molar-refractivity contribution < 1.29 is 4.74 Å². The lowest BCUT2D eigenvalue weighted by atomic mass is 10.4. The van der Waals surface area contributed by atoms with E-state index in [-0.39, 0.29) is 0 Å². The maximum Gasteiger partial charge on any atom is 0.0591 e. The number of benzene rings is 3. The first-order valence-corrected chi connectivity index (χ1v) is 10.0. The van der Waals surface area contributed by atoms with Gasteiger partial charge in [-0.3, -0.25) is 0 Å². The van der Waals surface area contributed by atoms with E-state index in [0.29, 0.717) is 0 Å². The third-order valence-corrected chi connectivity index (χ3v) is 6.33. The monoisotopic (exact) mass is 349 g/mol. The predicted molar refractivity (Wildman–Crippen MR) is 109 cm³/mol. The molecule has 0 amide bonds. The van der Waals surface area contributed by atoms with Gasteiger partial charge in [-0.1, -0.05) is 91.0 Å². The summed E-state index contributed by atoms with van der Waals surface area (Å²) in [5.41, 5.74) is 0. The summed E-state index contributed by atoms with van der Waals surface area (Å²) >= 11 is 0. The molecule has 128 valence electrons. The van der Waals surface area contributed by atoms with Gasteiger partial charge in [0.15, 0.2) is 0 Å². The molecule has 0 bridgehead atoms. The van der Waals surface area contributed by atoms with Gasteiger partial charge in [-0.05, 0) is 23.8 Å². The van der Waals surface area contributed by atoms with Crippen molar-refractivity contribution in [3.8, 4) is 0 Å². The van der Waals surface area contributed by atoms with Gasteiger partial charge in [0, 0.05) is 13.1 Å². The van der Waals surface area contributed by atoms with Crippen LogP contribution in [0.2, 0.25) is 0 Å². The topological polar surface area (TPSA) is 21.3 Å². The van der Waals surface area contributed by atoms with Gasteiger partial charge in [-0.15, -0.1) is 0 Å². The van der Waals surface area contributed by atoms with Crippen LogP contribution in [-0.2, 0) is 4.74 Å². The maximum absolute atomic E-state index is 5.01. The Morgan fingerprint density at radius 2 is 0.920 bits per heavy atom. The molecule has 1 saturated heterocycles. The minimum atomic E-state index is -0.446. The Balaban J connectivity index is 0.000000258. The minimum absolute atomic E-state index is 0.446. The Morgan fingerprint density at radius 3 is 1.16 bits per heavy atom. The largest absolute Gasteiger partial charge is 0.379 e. The molecule has 3 heteroatoms. The lowest BCUT2D eigenvalue weighted by Crippen LogP contribution is -2.30. The highest BCUT2D eigenvalue weighted by atomic mass is 31.1. The second-order valence-electron chi connectivity index (χ2n) is 5.70. The van der Waals surface area contributed by atoms with Crippen LogP contribution in [0.25, 0.3) is 0 Å². The Morgan fingerprint density at radius 1 is 0.560 bits per heavy atom. The second-order valence-corrected chi connectivity index (χ2v) is 7.92. The molecule has 4 rings (SSSR count). The van der Waals surface area contributed by atoms with Crippen molar-refractivity contribution in [2.75, 3.05) is 26.3 Å². The van der Waals surface area contributed by atoms with Crippen molar-refractivity contribution in [3.63, 3.8) is 0 Å². The summed E-state index contributed by atoms with van der Waals surface area (Å²) < 4.78 is 5.01. The molecule has 0 aliphatic carbocycles. The van der Waals surface area contributed by atoms with Gasteiger partial charge in [0.1, 0.15) is 0 Å². The summed E-state index contributed by atoms with van der Waals surface area (Å²) in [4.78, 5) is 0. The number of hydrogen-bond donors (Lipinski definition) is 1. The van der Waals surface area contributed by atoms with Gasteiger partial charge in [-0.25, -0.2) is 0 Å². The van der Waals surface area contributed by atoms with E-state index in [2.05, 4.69) is 96.3 Å². The van der Waals surface area contributed by atoms with E-state index >= 15 is 0 Å². The van der Waals surface area contributed by atoms with Crippen molar-refractivity contribution in [2.24, 2.45) is 0 Å². The van der Waals surface area contributed by atoms with E-state index in [9.17, 15) is 0 Å². The number of ether oxygens (including phenoxy) is 1. The van der Waals surface area contributed by atoms with Crippen molar-refractivity contribution in [2.45, 2.75) is 0 Å². The van der Waals surface area contributed by atoms with Crippen molar-refractivity contribution in [3.05, 3.63) is 91.0 Å². The van der Waals surface area contributed by atoms with E-state index in [1.165, 1.54) is 15.9 Å². The third kappa shape index (κ3) is 5.51. The molecule has 0 unspecified atom stereocenters. The van der Waals surface area contributed by atoms with Crippen LogP contribution in [0.4, 0.5) is 0 Å². The van der Waals surface area contributed by atoms with Gasteiger partial charge in [0.2, 0.25) is 0 Å². The van der Waals surface area contributed by atoms with E-state index in [0.717, 1.165) is 26.3 Å². The predicted octanol–water partition coefficient (Wildman–Crippen LogP) is 3.05. The Hall–Kier alpha value is -1.99. The fourth-order valence-electron chi connectivity index (χ4n) is 2.69. The summed E-state index contributed by atoms with van der Waals surface area (Å²) in [6.07, 6.45) is 0. The molecule has 1 aliphatic heterocycles. The molecule has 1 heterocycles. The molecule has 1 fully saturated rings. The van der Waals surface area contributed by atoms with Crippen molar-refractivity contribution in [1.29, 1.82) is 0 Å². The highest BCUT2D eigenvalue weighted by molar-refractivity contribution is 7.79. The lowest BCUT2D eigenvalue weighted by Gasteiger charge is -2.18. The quantitative estimate of drug-likeness (QED) is 0.734. The van der Waals surface area contributed by atoms with Crippen LogP contribution in [0, 0.1) is 0 Å². The fraction of sp³-hybridized carbons (Fsp3) is 0.182. The summed E-state index contributed by atoms with van der Waals surface area (Å²) in [5.74, 6) is 0. The zero-order valence-corrected chi connectivity index (χ0v) is 15.2. The number of nitrogens with one attached hydrogen (secondary N) is 1. The van der Waals surface area contributed by atoms with Crippen LogP contribution in [0.5, 0.6) is 0 Å². The van der Waals surface area contributed by atoms with Crippen LogP contribution in [0.15, 0.2) is 91.0 Å². The molecule has 0 atom stereocenters. The molecule has 0 aromatic heterocycles. The van der Waals surface area contributed by atoms with Gasteiger partial charge in [0.05, 0.1) is 13.2 Å². The van der Waals surface area contributed by atoms with Crippen molar-refractivity contribution >= 4 is 23.8 Å².